The van der Waals surface area contributed by atoms with Crippen LogP contribution in [0.15, 0.2) is 64.4 Å². The second-order valence-corrected chi connectivity index (χ2v) is 8.61. The number of aromatic amines is 1. The highest BCUT2D eigenvalue weighted by molar-refractivity contribution is 7.97. The molecule has 4 rings (SSSR count). The van der Waals surface area contributed by atoms with Gasteiger partial charge < -0.3 is 4.98 Å². The molecule has 30 heavy (non-hydrogen) atoms. The number of aromatic nitrogens is 2. The first-order chi connectivity index (χ1) is 14.6. The summed E-state index contributed by atoms with van der Waals surface area (Å²) in [7, 11) is 0. The van der Waals surface area contributed by atoms with Crippen molar-refractivity contribution in [1.29, 1.82) is 0 Å². The molecule has 0 atom stereocenters. The highest BCUT2D eigenvalue weighted by atomic mass is 35.5. The predicted octanol–water partition coefficient (Wildman–Crippen LogP) is 8.31. The number of nitrogens with one attached hydrogen (secondary N) is 1. The van der Waals surface area contributed by atoms with Crippen molar-refractivity contribution in [3.05, 3.63) is 70.1 Å². The van der Waals surface area contributed by atoms with Gasteiger partial charge in [-0.15, -0.1) is 0 Å². The van der Waals surface area contributed by atoms with Crippen LogP contribution in [0.5, 0.6) is 0 Å². The van der Waals surface area contributed by atoms with Crippen LogP contribution in [0.25, 0.3) is 22.2 Å². The van der Waals surface area contributed by atoms with Gasteiger partial charge in [0.2, 0.25) is 0 Å². The van der Waals surface area contributed by atoms with Crippen molar-refractivity contribution in [3.8, 4) is 11.1 Å². The van der Waals surface area contributed by atoms with Crippen molar-refractivity contribution in [1.82, 2.24) is 14.3 Å². The lowest BCUT2D eigenvalue weighted by Crippen LogP contribution is -2.13. The van der Waals surface area contributed by atoms with Crippen molar-refractivity contribution >= 4 is 45.9 Å². The zero-order valence-corrected chi connectivity index (χ0v) is 20.7. The third-order valence-corrected chi connectivity index (χ3v) is 6.63. The minimum Gasteiger partial charge on any atom is -0.345 e. The zero-order valence-electron chi connectivity index (χ0n) is 18.3. The van der Waals surface area contributed by atoms with Gasteiger partial charge in [-0.3, -0.25) is 0 Å². The smallest absolute Gasteiger partial charge is 0.139 e. The quantitative estimate of drug-likeness (QED) is 0.304. The Bertz CT molecular complexity index is 1010. The molecular weight excluding hydrogens is 430 g/mol. The Labute approximate surface area is 193 Å². The fraction of sp³-hybridized carbons (Fsp3) is 0.292. The highest BCUT2D eigenvalue weighted by Gasteiger charge is 2.11. The number of H-pyrrole nitrogens is 1. The molecule has 1 N–H and O–H groups in total. The molecule has 0 bridgehead atoms. The van der Waals surface area contributed by atoms with Gasteiger partial charge in [0, 0.05) is 41.3 Å². The molecule has 0 fully saturated rings. The summed E-state index contributed by atoms with van der Waals surface area (Å²) in [5.74, 6) is 0. The van der Waals surface area contributed by atoms with Crippen LogP contribution in [0.2, 0.25) is 5.02 Å². The molecule has 0 saturated heterocycles. The lowest BCUT2D eigenvalue weighted by molar-refractivity contribution is 0.525. The van der Waals surface area contributed by atoms with E-state index in [-0.39, 0.29) is 0 Å². The lowest BCUT2D eigenvalue weighted by Gasteiger charge is -2.16. The fourth-order valence-electron chi connectivity index (χ4n) is 2.80. The largest absolute Gasteiger partial charge is 0.345 e. The molecule has 3 aromatic heterocycles. The van der Waals surface area contributed by atoms with Crippen LogP contribution in [0, 0.1) is 6.92 Å². The molecule has 0 spiro atoms. The number of benzene rings is 1. The number of fused-ring (bicyclic) bond motifs is 1. The van der Waals surface area contributed by atoms with Crippen LogP contribution < -0.4 is 0 Å². The SMILES string of the molecule is CC.CCN(CC)Sc1cccc(-c2c[nH]c3nccc(Cl)c23)c1.Cc1ccsc1. The second-order valence-electron chi connectivity index (χ2n) is 6.25. The van der Waals surface area contributed by atoms with Gasteiger partial charge in [-0.25, -0.2) is 9.29 Å². The molecule has 3 nitrogen and oxygen atoms in total. The van der Waals surface area contributed by atoms with Gasteiger partial charge in [0.05, 0.1) is 5.02 Å². The van der Waals surface area contributed by atoms with Crippen molar-refractivity contribution in [2.75, 3.05) is 13.1 Å². The third-order valence-electron chi connectivity index (χ3n) is 4.27. The van der Waals surface area contributed by atoms with Gasteiger partial charge in [0.15, 0.2) is 0 Å². The number of thiophene rings is 1. The maximum absolute atomic E-state index is 6.35. The van der Waals surface area contributed by atoms with E-state index in [1.807, 2.05) is 26.1 Å². The Kier molecular flexibility index (Phi) is 10.4. The molecule has 4 aromatic rings. The molecule has 0 aliphatic carbocycles. The van der Waals surface area contributed by atoms with Gasteiger partial charge >= 0.3 is 0 Å². The molecule has 0 radical (unpaired) electrons. The van der Waals surface area contributed by atoms with Crippen molar-refractivity contribution in [2.24, 2.45) is 0 Å². The maximum atomic E-state index is 6.35. The molecule has 0 aliphatic rings. The lowest BCUT2D eigenvalue weighted by atomic mass is 10.1. The predicted molar refractivity (Wildman–Crippen MR) is 136 cm³/mol. The molecular formula is C24H30ClN3S2. The molecule has 1 aromatic carbocycles. The van der Waals surface area contributed by atoms with Gasteiger partial charge in [-0.2, -0.15) is 11.3 Å². The van der Waals surface area contributed by atoms with E-state index in [4.69, 9.17) is 11.6 Å². The highest BCUT2D eigenvalue weighted by Crippen LogP contribution is 2.34. The maximum Gasteiger partial charge on any atom is 0.139 e. The third kappa shape index (κ3) is 6.61. The summed E-state index contributed by atoms with van der Waals surface area (Å²) in [6.07, 6.45) is 3.70. The molecule has 0 aliphatic heterocycles. The molecule has 6 heteroatoms. The summed E-state index contributed by atoms with van der Waals surface area (Å²) in [6, 6.07) is 12.5. The minimum absolute atomic E-state index is 0.725. The Morgan fingerprint density at radius 1 is 1.13 bits per heavy atom. The van der Waals surface area contributed by atoms with Crippen molar-refractivity contribution < 1.29 is 0 Å². The number of halogens is 1. The van der Waals surface area contributed by atoms with Crippen LogP contribution in [-0.4, -0.2) is 27.4 Å². The number of pyridine rings is 1. The standard InChI is InChI=1S/C17H18ClN3S.C5H6S.C2H6/c1-3-21(4-2)22-13-7-5-6-12(10-13)14-11-20-17-16(14)15(18)8-9-19-17;1-5-2-3-6-4-5;1-2/h5-11H,3-4H2,1-2H3,(H,19,20);2-4H,1H3;1-2H3. The van der Waals surface area contributed by atoms with Crippen LogP contribution >= 0.6 is 34.9 Å². The number of hydrogen-bond acceptors (Lipinski definition) is 4. The summed E-state index contributed by atoms with van der Waals surface area (Å²) < 4.78 is 2.32. The monoisotopic (exact) mass is 459 g/mol. The van der Waals surface area contributed by atoms with E-state index in [1.54, 1.807) is 29.5 Å². The van der Waals surface area contributed by atoms with Gasteiger partial charge in [0.25, 0.3) is 0 Å². The number of aryl methyl sites for hydroxylation is 1. The van der Waals surface area contributed by atoms with Crippen LogP contribution in [-0.2, 0) is 0 Å². The molecule has 0 amide bonds. The van der Waals surface area contributed by atoms with Gasteiger partial charge in [-0.1, -0.05) is 51.4 Å². The Morgan fingerprint density at radius 3 is 2.50 bits per heavy atom. The summed E-state index contributed by atoms with van der Waals surface area (Å²) in [6.45, 7) is 12.5. The summed E-state index contributed by atoms with van der Waals surface area (Å²) in [5, 5.41) is 5.91. The summed E-state index contributed by atoms with van der Waals surface area (Å²) in [4.78, 5) is 8.76. The average Bonchev–Trinajstić information content (AvgIpc) is 3.44. The van der Waals surface area contributed by atoms with Crippen LogP contribution in [0.4, 0.5) is 0 Å². The molecule has 0 saturated carbocycles. The first-order valence-corrected chi connectivity index (χ1v) is 12.4. The van der Waals surface area contributed by atoms with E-state index in [9.17, 15) is 0 Å². The topological polar surface area (TPSA) is 31.9 Å². The first-order valence-electron chi connectivity index (χ1n) is 10.3. The Hall–Kier alpha value is -1.79. The fourth-order valence-corrected chi connectivity index (χ4v) is 4.59. The average molecular weight is 460 g/mol. The van der Waals surface area contributed by atoms with E-state index in [0.29, 0.717) is 0 Å². The Balaban J connectivity index is 0.000000340. The van der Waals surface area contributed by atoms with Crippen LogP contribution in [0.3, 0.4) is 0 Å². The Morgan fingerprint density at radius 2 is 1.90 bits per heavy atom. The van der Waals surface area contributed by atoms with Crippen molar-refractivity contribution in [3.63, 3.8) is 0 Å². The molecule has 3 heterocycles. The summed E-state index contributed by atoms with van der Waals surface area (Å²) >= 11 is 9.87. The van der Waals surface area contributed by atoms with E-state index in [0.717, 1.165) is 40.3 Å². The number of hydrogen-bond donors (Lipinski definition) is 1. The minimum atomic E-state index is 0.725. The van der Waals surface area contributed by atoms with E-state index in [2.05, 4.69) is 76.1 Å². The van der Waals surface area contributed by atoms with Crippen molar-refractivity contribution in [2.45, 2.75) is 39.5 Å². The van der Waals surface area contributed by atoms with E-state index < -0.39 is 0 Å². The molecule has 0 unspecified atom stereocenters. The first kappa shape index (κ1) is 24.5. The van der Waals surface area contributed by atoms with Crippen LogP contribution in [0.1, 0.15) is 33.3 Å². The van der Waals surface area contributed by atoms with Gasteiger partial charge in [0.1, 0.15) is 5.65 Å². The number of rotatable bonds is 5. The second kappa shape index (κ2) is 12.8. The molecule has 160 valence electrons. The normalized spacial score (nSPS) is 10.4. The van der Waals surface area contributed by atoms with Gasteiger partial charge in [-0.05, 0) is 65.0 Å². The van der Waals surface area contributed by atoms with E-state index in [1.165, 1.54) is 10.5 Å². The number of nitrogens with zero attached hydrogens (tertiary/aromatic N) is 2. The summed E-state index contributed by atoms with van der Waals surface area (Å²) in [5.41, 5.74) is 4.43. The zero-order chi connectivity index (χ0) is 21.9. The van der Waals surface area contributed by atoms with E-state index >= 15 is 0 Å².